The van der Waals surface area contributed by atoms with Crippen LogP contribution in [-0.2, 0) is 9.59 Å². The molecule has 128 valence electrons. The summed E-state index contributed by atoms with van der Waals surface area (Å²) in [6, 6.07) is 11.1. The summed E-state index contributed by atoms with van der Waals surface area (Å²) < 4.78 is 0. The number of nitrogens with zero attached hydrogens (tertiary/aromatic N) is 1. The number of anilines is 1. The van der Waals surface area contributed by atoms with E-state index < -0.39 is 0 Å². The van der Waals surface area contributed by atoms with Crippen LogP contribution in [0.3, 0.4) is 0 Å². The zero-order valence-corrected chi connectivity index (χ0v) is 14.1. The number of nitrogens with one attached hydrogen (secondary N) is 2. The van der Waals surface area contributed by atoms with Crippen LogP contribution < -0.4 is 10.6 Å². The molecule has 1 saturated carbocycles. The van der Waals surface area contributed by atoms with Crippen molar-refractivity contribution in [2.75, 3.05) is 5.32 Å². The van der Waals surface area contributed by atoms with Gasteiger partial charge in [0.2, 0.25) is 11.8 Å². The lowest BCUT2D eigenvalue weighted by molar-refractivity contribution is -0.118. The molecule has 3 rings (SSSR count). The predicted octanol–water partition coefficient (Wildman–Crippen LogP) is 3.32. The van der Waals surface area contributed by atoms with Gasteiger partial charge in [0.1, 0.15) is 0 Å². The first-order valence-corrected chi connectivity index (χ1v) is 8.41. The second-order valence-corrected chi connectivity index (χ2v) is 6.24. The van der Waals surface area contributed by atoms with Crippen molar-refractivity contribution in [2.24, 2.45) is 5.92 Å². The van der Waals surface area contributed by atoms with E-state index in [1.807, 2.05) is 43.3 Å². The molecule has 2 amide bonds. The van der Waals surface area contributed by atoms with Gasteiger partial charge in [-0.1, -0.05) is 18.2 Å². The molecule has 1 fully saturated rings. The van der Waals surface area contributed by atoms with Gasteiger partial charge in [0.05, 0.1) is 6.04 Å². The molecule has 1 aromatic heterocycles. The van der Waals surface area contributed by atoms with Gasteiger partial charge in [0.15, 0.2) is 0 Å². The Morgan fingerprint density at radius 1 is 1.20 bits per heavy atom. The average molecular weight is 335 g/mol. The van der Waals surface area contributed by atoms with Crippen molar-refractivity contribution < 1.29 is 9.59 Å². The number of carbonyl (C=O) groups is 2. The fraction of sp³-hybridized carbons (Fsp3) is 0.250. The van der Waals surface area contributed by atoms with Gasteiger partial charge in [-0.05, 0) is 55.2 Å². The van der Waals surface area contributed by atoms with Gasteiger partial charge in [-0.2, -0.15) is 0 Å². The fourth-order valence-electron chi connectivity index (χ4n) is 2.44. The van der Waals surface area contributed by atoms with Gasteiger partial charge in [-0.15, -0.1) is 0 Å². The van der Waals surface area contributed by atoms with Gasteiger partial charge in [0, 0.05) is 30.1 Å². The van der Waals surface area contributed by atoms with Crippen molar-refractivity contribution in [1.82, 2.24) is 10.3 Å². The lowest BCUT2D eigenvalue weighted by Crippen LogP contribution is -2.24. The van der Waals surface area contributed by atoms with E-state index in [9.17, 15) is 9.59 Å². The molecular formula is C20H21N3O2. The Bertz CT molecular complexity index is 765. The predicted molar refractivity (Wildman–Crippen MR) is 97.6 cm³/mol. The topological polar surface area (TPSA) is 71.1 Å². The lowest BCUT2D eigenvalue weighted by atomic mass is 10.1. The highest BCUT2D eigenvalue weighted by Gasteiger charge is 2.29. The minimum absolute atomic E-state index is 0.0923. The fourth-order valence-corrected chi connectivity index (χ4v) is 2.44. The van der Waals surface area contributed by atoms with Gasteiger partial charge in [-0.3, -0.25) is 14.6 Å². The summed E-state index contributed by atoms with van der Waals surface area (Å²) in [5, 5.41) is 5.83. The molecule has 1 atom stereocenters. The van der Waals surface area contributed by atoms with E-state index in [0.29, 0.717) is 0 Å². The number of aromatic nitrogens is 1. The minimum Gasteiger partial charge on any atom is -0.346 e. The molecule has 0 saturated heterocycles. The Labute approximate surface area is 147 Å². The van der Waals surface area contributed by atoms with Gasteiger partial charge < -0.3 is 10.6 Å². The maximum absolute atomic E-state index is 12.0. The normalized spacial score (nSPS) is 14.9. The summed E-state index contributed by atoms with van der Waals surface area (Å²) in [5.74, 6) is 0.113. The van der Waals surface area contributed by atoms with E-state index in [1.165, 1.54) is 6.08 Å². The summed E-state index contributed by atoms with van der Waals surface area (Å²) in [6.45, 7) is 1.92. The van der Waals surface area contributed by atoms with Crippen LogP contribution >= 0.6 is 0 Å². The summed E-state index contributed by atoms with van der Waals surface area (Å²) in [5.41, 5.74) is 2.64. The molecule has 0 spiro atoms. The van der Waals surface area contributed by atoms with E-state index in [1.54, 1.807) is 18.5 Å². The second-order valence-electron chi connectivity index (χ2n) is 6.24. The third kappa shape index (κ3) is 5.01. The molecule has 0 aliphatic heterocycles. The number of benzene rings is 1. The average Bonchev–Trinajstić information content (AvgIpc) is 3.46. The summed E-state index contributed by atoms with van der Waals surface area (Å²) in [4.78, 5) is 27.8. The quantitative estimate of drug-likeness (QED) is 0.796. The van der Waals surface area contributed by atoms with Crippen molar-refractivity contribution in [1.29, 1.82) is 0 Å². The van der Waals surface area contributed by atoms with Crippen molar-refractivity contribution >= 4 is 23.6 Å². The number of hydrogen-bond acceptors (Lipinski definition) is 3. The Morgan fingerprint density at radius 3 is 2.60 bits per heavy atom. The number of rotatable bonds is 6. The number of carbonyl (C=O) groups excluding carboxylic acids is 2. The van der Waals surface area contributed by atoms with E-state index in [-0.39, 0.29) is 23.8 Å². The highest BCUT2D eigenvalue weighted by atomic mass is 16.2. The van der Waals surface area contributed by atoms with Crippen LogP contribution in [-0.4, -0.2) is 16.8 Å². The van der Waals surface area contributed by atoms with E-state index >= 15 is 0 Å². The largest absolute Gasteiger partial charge is 0.346 e. The number of amides is 2. The monoisotopic (exact) mass is 335 g/mol. The third-order valence-electron chi connectivity index (χ3n) is 4.10. The number of hydrogen-bond donors (Lipinski definition) is 2. The smallest absolute Gasteiger partial charge is 0.244 e. The Kier molecular flexibility index (Phi) is 5.23. The molecule has 1 aliphatic carbocycles. The molecule has 25 heavy (non-hydrogen) atoms. The molecule has 5 nitrogen and oxygen atoms in total. The zero-order valence-electron chi connectivity index (χ0n) is 14.1. The maximum atomic E-state index is 12.0. The Hall–Kier alpha value is -2.95. The van der Waals surface area contributed by atoms with Crippen LogP contribution in [0, 0.1) is 5.92 Å². The van der Waals surface area contributed by atoms with Gasteiger partial charge in [0.25, 0.3) is 0 Å². The zero-order chi connectivity index (χ0) is 17.6. The first kappa shape index (κ1) is 16.9. The van der Waals surface area contributed by atoms with Crippen LogP contribution in [0.15, 0.2) is 54.9 Å². The molecular weight excluding hydrogens is 314 g/mol. The first-order chi connectivity index (χ1) is 12.1. The van der Waals surface area contributed by atoms with Crippen LogP contribution in [0.25, 0.3) is 6.08 Å². The van der Waals surface area contributed by atoms with Crippen LogP contribution in [0.1, 0.15) is 36.9 Å². The van der Waals surface area contributed by atoms with Gasteiger partial charge >= 0.3 is 0 Å². The van der Waals surface area contributed by atoms with E-state index in [0.717, 1.165) is 29.7 Å². The van der Waals surface area contributed by atoms with Crippen molar-refractivity contribution in [2.45, 2.75) is 25.8 Å². The Balaban J connectivity index is 1.53. The van der Waals surface area contributed by atoms with Crippen molar-refractivity contribution in [3.05, 3.63) is 66.0 Å². The molecule has 0 unspecified atom stereocenters. The van der Waals surface area contributed by atoms with Crippen molar-refractivity contribution in [3.63, 3.8) is 0 Å². The standard InChI is InChI=1S/C20H21N3O2/c1-14(22-19(24)11-4-15-3-2-12-21-13-15)16-7-9-18(10-8-16)23-20(25)17-5-6-17/h2-4,7-14,17H,5-6H2,1H3,(H,22,24)(H,23,25)/b11-4-/t14-/m1/s1. The SMILES string of the molecule is C[C@@H](NC(=O)/C=C\c1cccnc1)c1ccc(NC(=O)C2CC2)cc1. The molecule has 0 bridgehead atoms. The van der Waals surface area contributed by atoms with Crippen LogP contribution in [0.4, 0.5) is 5.69 Å². The maximum Gasteiger partial charge on any atom is 0.244 e. The molecule has 2 aromatic rings. The molecule has 1 heterocycles. The molecule has 1 aliphatic rings. The summed E-state index contributed by atoms with van der Waals surface area (Å²) in [6.07, 6.45) is 8.58. The molecule has 2 N–H and O–H groups in total. The highest BCUT2D eigenvalue weighted by molar-refractivity contribution is 5.94. The molecule has 0 radical (unpaired) electrons. The molecule has 5 heteroatoms. The van der Waals surface area contributed by atoms with E-state index in [4.69, 9.17) is 0 Å². The lowest BCUT2D eigenvalue weighted by Gasteiger charge is -2.14. The van der Waals surface area contributed by atoms with Crippen molar-refractivity contribution in [3.8, 4) is 0 Å². The Morgan fingerprint density at radius 2 is 1.96 bits per heavy atom. The summed E-state index contributed by atoms with van der Waals surface area (Å²) in [7, 11) is 0. The third-order valence-corrected chi connectivity index (χ3v) is 4.10. The molecule has 1 aromatic carbocycles. The second kappa shape index (κ2) is 7.75. The number of pyridine rings is 1. The highest BCUT2D eigenvalue weighted by Crippen LogP contribution is 2.30. The minimum atomic E-state index is -0.164. The van der Waals surface area contributed by atoms with Gasteiger partial charge in [-0.25, -0.2) is 0 Å². The first-order valence-electron chi connectivity index (χ1n) is 8.41. The van der Waals surface area contributed by atoms with Crippen LogP contribution in [0.5, 0.6) is 0 Å². The van der Waals surface area contributed by atoms with E-state index in [2.05, 4.69) is 15.6 Å². The summed E-state index contributed by atoms with van der Waals surface area (Å²) >= 11 is 0. The van der Waals surface area contributed by atoms with Crippen LogP contribution in [0.2, 0.25) is 0 Å².